The van der Waals surface area contributed by atoms with Crippen LogP contribution >= 0.6 is 0 Å². The quantitative estimate of drug-likeness (QED) is 0.644. The van der Waals surface area contributed by atoms with Crippen molar-refractivity contribution in [3.63, 3.8) is 0 Å². The van der Waals surface area contributed by atoms with E-state index in [-0.39, 0.29) is 11.7 Å². The van der Waals surface area contributed by atoms with Crippen LogP contribution in [0.3, 0.4) is 0 Å². The van der Waals surface area contributed by atoms with Crippen molar-refractivity contribution in [3.05, 3.63) is 0 Å². The summed E-state index contributed by atoms with van der Waals surface area (Å²) in [6.45, 7) is 10.4. The second kappa shape index (κ2) is 6.72. The fourth-order valence-electron chi connectivity index (χ4n) is 2.27. The summed E-state index contributed by atoms with van der Waals surface area (Å²) in [4.78, 5) is 0. The van der Waals surface area contributed by atoms with Crippen LogP contribution < -0.4 is 0 Å². The molecule has 102 valence electrons. The lowest BCUT2D eigenvalue weighted by atomic mass is 9.81. The summed E-state index contributed by atoms with van der Waals surface area (Å²) in [6.07, 6.45) is 3.46. The highest BCUT2D eigenvalue weighted by atomic mass is 16.7. The number of hydrogen-bond acceptors (Lipinski definition) is 3. The molecule has 1 rings (SSSR count). The molecule has 0 radical (unpaired) electrons. The Labute approximate surface area is 106 Å². The lowest BCUT2D eigenvalue weighted by Gasteiger charge is -2.34. The summed E-state index contributed by atoms with van der Waals surface area (Å²) in [5, 5.41) is 0. The molecule has 0 amide bonds. The third-order valence-electron chi connectivity index (χ3n) is 3.37. The highest BCUT2D eigenvalue weighted by Crippen LogP contribution is 2.35. The van der Waals surface area contributed by atoms with Crippen LogP contribution in [0.2, 0.25) is 0 Å². The molecule has 1 saturated heterocycles. The molecule has 3 heteroatoms. The van der Waals surface area contributed by atoms with Crippen LogP contribution in [0.5, 0.6) is 0 Å². The van der Waals surface area contributed by atoms with E-state index in [1.807, 2.05) is 0 Å². The summed E-state index contributed by atoms with van der Waals surface area (Å²) in [7, 11) is 1.72. The zero-order chi connectivity index (χ0) is 12.9. The maximum Gasteiger partial charge on any atom is 0.157 e. The average molecular weight is 244 g/mol. The maximum atomic E-state index is 5.78. The molecule has 1 aliphatic rings. The Morgan fingerprint density at radius 3 is 2.53 bits per heavy atom. The molecule has 0 aromatic carbocycles. The third kappa shape index (κ3) is 4.94. The van der Waals surface area contributed by atoms with E-state index < -0.39 is 0 Å². The van der Waals surface area contributed by atoms with E-state index in [1.54, 1.807) is 7.11 Å². The van der Waals surface area contributed by atoms with Crippen molar-refractivity contribution in [2.75, 3.05) is 20.3 Å². The Morgan fingerprint density at radius 1 is 1.35 bits per heavy atom. The van der Waals surface area contributed by atoms with Gasteiger partial charge in [-0.05, 0) is 24.2 Å². The van der Waals surface area contributed by atoms with Gasteiger partial charge in [-0.15, -0.1) is 0 Å². The van der Waals surface area contributed by atoms with Crippen molar-refractivity contribution in [3.8, 4) is 0 Å². The third-order valence-corrected chi connectivity index (χ3v) is 3.37. The molecule has 1 aliphatic heterocycles. The van der Waals surface area contributed by atoms with Crippen molar-refractivity contribution in [1.29, 1.82) is 0 Å². The van der Waals surface area contributed by atoms with Crippen LogP contribution in [0.25, 0.3) is 0 Å². The van der Waals surface area contributed by atoms with E-state index in [4.69, 9.17) is 14.2 Å². The molecule has 1 heterocycles. The molecular weight excluding hydrogens is 216 g/mol. The molecule has 0 N–H and O–H groups in total. The lowest BCUT2D eigenvalue weighted by Crippen LogP contribution is -2.34. The molecule has 0 spiro atoms. The topological polar surface area (TPSA) is 27.7 Å². The van der Waals surface area contributed by atoms with Gasteiger partial charge in [0.05, 0.1) is 12.7 Å². The van der Waals surface area contributed by atoms with Gasteiger partial charge in [-0.2, -0.15) is 0 Å². The van der Waals surface area contributed by atoms with E-state index >= 15 is 0 Å². The summed E-state index contributed by atoms with van der Waals surface area (Å²) >= 11 is 0. The first-order valence-corrected chi connectivity index (χ1v) is 6.71. The number of ether oxygens (including phenoxy) is 3. The van der Waals surface area contributed by atoms with Crippen LogP contribution in [0.4, 0.5) is 0 Å². The van der Waals surface area contributed by atoms with E-state index in [1.165, 1.54) is 6.42 Å². The van der Waals surface area contributed by atoms with Crippen LogP contribution in [-0.2, 0) is 14.2 Å². The van der Waals surface area contributed by atoms with Gasteiger partial charge in [0.15, 0.2) is 6.29 Å². The smallest absolute Gasteiger partial charge is 0.157 e. The molecule has 0 aromatic rings. The maximum absolute atomic E-state index is 5.78. The van der Waals surface area contributed by atoms with Crippen molar-refractivity contribution < 1.29 is 14.2 Å². The molecule has 0 aliphatic carbocycles. The van der Waals surface area contributed by atoms with Gasteiger partial charge in [0.1, 0.15) is 0 Å². The predicted molar refractivity (Wildman–Crippen MR) is 69.0 cm³/mol. The van der Waals surface area contributed by atoms with Crippen LogP contribution in [0.15, 0.2) is 0 Å². The minimum atomic E-state index is -0.114. The molecule has 17 heavy (non-hydrogen) atoms. The first kappa shape index (κ1) is 14.9. The van der Waals surface area contributed by atoms with Crippen molar-refractivity contribution in [2.45, 2.75) is 59.4 Å². The Balaban J connectivity index is 2.42. The Morgan fingerprint density at radius 2 is 2.06 bits per heavy atom. The fraction of sp³-hybridized carbons (Fsp3) is 1.00. The Bertz CT molecular complexity index is 208. The molecule has 3 nitrogen and oxygen atoms in total. The SMILES string of the molecule is COC(CC(C)(C)C1CCCO1)OCC(C)C. The van der Waals surface area contributed by atoms with E-state index in [0.29, 0.717) is 12.0 Å². The first-order chi connectivity index (χ1) is 7.95. The molecule has 2 atom stereocenters. The van der Waals surface area contributed by atoms with Gasteiger partial charge in [-0.1, -0.05) is 27.7 Å². The minimum absolute atomic E-state index is 0.114. The fourth-order valence-corrected chi connectivity index (χ4v) is 2.27. The van der Waals surface area contributed by atoms with E-state index in [2.05, 4.69) is 27.7 Å². The van der Waals surface area contributed by atoms with Crippen LogP contribution in [0.1, 0.15) is 47.0 Å². The normalized spacial score (nSPS) is 23.3. The Hall–Kier alpha value is -0.120. The molecular formula is C14H28O3. The number of hydrogen-bond donors (Lipinski definition) is 0. The number of methoxy groups -OCH3 is 1. The molecule has 0 saturated carbocycles. The average Bonchev–Trinajstić information content (AvgIpc) is 2.77. The molecule has 2 unspecified atom stereocenters. The zero-order valence-electron chi connectivity index (χ0n) is 12.0. The van der Waals surface area contributed by atoms with Gasteiger partial charge in [-0.25, -0.2) is 0 Å². The summed E-state index contributed by atoms with van der Waals surface area (Å²) in [6, 6.07) is 0. The summed E-state index contributed by atoms with van der Waals surface area (Å²) in [5.41, 5.74) is 0.119. The second-order valence-electron chi connectivity index (χ2n) is 6.09. The molecule has 0 aromatic heterocycles. The van der Waals surface area contributed by atoms with Crippen LogP contribution in [0, 0.1) is 11.3 Å². The van der Waals surface area contributed by atoms with Gasteiger partial charge >= 0.3 is 0 Å². The summed E-state index contributed by atoms with van der Waals surface area (Å²) < 4.78 is 17.0. The standard InChI is InChI=1S/C14H28O3/c1-11(2)10-17-13(15-5)9-14(3,4)12-7-6-8-16-12/h11-13H,6-10H2,1-5H3. The van der Waals surface area contributed by atoms with E-state index in [9.17, 15) is 0 Å². The molecule has 1 fully saturated rings. The molecule has 0 bridgehead atoms. The van der Waals surface area contributed by atoms with Gasteiger partial charge in [0, 0.05) is 20.1 Å². The van der Waals surface area contributed by atoms with Gasteiger partial charge in [0.2, 0.25) is 0 Å². The lowest BCUT2D eigenvalue weighted by molar-refractivity contribution is -0.158. The van der Waals surface area contributed by atoms with Gasteiger partial charge < -0.3 is 14.2 Å². The monoisotopic (exact) mass is 244 g/mol. The minimum Gasteiger partial charge on any atom is -0.378 e. The largest absolute Gasteiger partial charge is 0.378 e. The van der Waals surface area contributed by atoms with Crippen molar-refractivity contribution in [2.24, 2.45) is 11.3 Å². The highest BCUT2D eigenvalue weighted by molar-refractivity contribution is 4.83. The second-order valence-corrected chi connectivity index (χ2v) is 6.09. The van der Waals surface area contributed by atoms with Gasteiger partial charge in [-0.3, -0.25) is 0 Å². The first-order valence-electron chi connectivity index (χ1n) is 6.71. The summed E-state index contributed by atoms with van der Waals surface area (Å²) in [5.74, 6) is 0.540. The zero-order valence-corrected chi connectivity index (χ0v) is 12.0. The predicted octanol–water partition coefficient (Wildman–Crippen LogP) is 3.23. The number of rotatable bonds is 7. The van der Waals surface area contributed by atoms with Crippen LogP contribution in [-0.4, -0.2) is 32.7 Å². The highest BCUT2D eigenvalue weighted by Gasteiger charge is 2.35. The Kier molecular flexibility index (Phi) is 5.90. The van der Waals surface area contributed by atoms with Gasteiger partial charge in [0.25, 0.3) is 0 Å². The van der Waals surface area contributed by atoms with Crippen molar-refractivity contribution in [1.82, 2.24) is 0 Å². The van der Waals surface area contributed by atoms with Crippen molar-refractivity contribution >= 4 is 0 Å². The van der Waals surface area contributed by atoms with E-state index in [0.717, 1.165) is 26.1 Å².